The predicted molar refractivity (Wildman–Crippen MR) is 77.8 cm³/mol. The van der Waals surface area contributed by atoms with Gasteiger partial charge in [0.25, 0.3) is 0 Å². The summed E-state index contributed by atoms with van der Waals surface area (Å²) < 4.78 is 0. The lowest BCUT2D eigenvalue weighted by Crippen LogP contribution is -2.62. The van der Waals surface area contributed by atoms with Crippen LogP contribution in [0.15, 0.2) is 0 Å². The lowest BCUT2D eigenvalue weighted by Gasteiger charge is -2.45. The van der Waals surface area contributed by atoms with Crippen LogP contribution in [-0.2, 0) is 0 Å². The van der Waals surface area contributed by atoms with E-state index in [1.54, 1.807) is 0 Å². The minimum absolute atomic E-state index is 0.481. The highest BCUT2D eigenvalue weighted by Crippen LogP contribution is 2.33. The van der Waals surface area contributed by atoms with E-state index in [1.807, 2.05) is 11.8 Å². The smallest absolute Gasteiger partial charge is 0.0309 e. The van der Waals surface area contributed by atoms with Crippen LogP contribution in [0.3, 0.4) is 0 Å². The molecule has 0 amide bonds. The maximum Gasteiger partial charge on any atom is 0.0309 e. The molecule has 100 valence electrons. The van der Waals surface area contributed by atoms with Gasteiger partial charge in [0.15, 0.2) is 0 Å². The second kappa shape index (κ2) is 5.94. The van der Waals surface area contributed by atoms with Crippen LogP contribution in [0.4, 0.5) is 0 Å². The van der Waals surface area contributed by atoms with Gasteiger partial charge in [-0.05, 0) is 39.0 Å². The zero-order valence-electron chi connectivity index (χ0n) is 11.7. The molecule has 3 heteroatoms. The topological polar surface area (TPSA) is 15.3 Å². The van der Waals surface area contributed by atoms with Crippen molar-refractivity contribution in [3.63, 3.8) is 0 Å². The first-order valence-electron chi connectivity index (χ1n) is 7.17. The van der Waals surface area contributed by atoms with Gasteiger partial charge in [0.05, 0.1) is 0 Å². The Hall–Kier alpha value is 0.270. The van der Waals surface area contributed by atoms with Crippen molar-refractivity contribution in [2.75, 3.05) is 25.9 Å². The number of hydrogen-bond donors (Lipinski definition) is 1. The molecule has 0 aromatic rings. The molecule has 2 rings (SSSR count). The Bertz CT molecular complexity index is 238. The fraction of sp³-hybridized carbons (Fsp3) is 1.00. The van der Waals surface area contributed by atoms with Crippen molar-refractivity contribution in [3.8, 4) is 0 Å². The summed E-state index contributed by atoms with van der Waals surface area (Å²) in [5.74, 6) is 0. The Kier molecular flexibility index (Phi) is 4.79. The van der Waals surface area contributed by atoms with Crippen LogP contribution in [0.2, 0.25) is 0 Å². The predicted octanol–water partition coefficient (Wildman–Crippen LogP) is 2.73. The third-order valence-corrected chi connectivity index (χ3v) is 5.73. The second-order valence-electron chi connectivity index (χ2n) is 6.02. The molecule has 2 aliphatic rings. The van der Waals surface area contributed by atoms with E-state index < -0.39 is 0 Å². The van der Waals surface area contributed by atoms with Crippen LogP contribution in [0, 0.1) is 0 Å². The number of hydrogen-bond acceptors (Lipinski definition) is 3. The van der Waals surface area contributed by atoms with Crippen molar-refractivity contribution >= 4 is 11.8 Å². The van der Waals surface area contributed by atoms with Crippen molar-refractivity contribution in [1.82, 2.24) is 10.2 Å². The summed E-state index contributed by atoms with van der Waals surface area (Å²) in [6, 6.07) is 0.718. The molecule has 2 atom stereocenters. The third kappa shape index (κ3) is 3.39. The first-order chi connectivity index (χ1) is 8.15. The molecule has 1 spiro atoms. The zero-order chi connectivity index (χ0) is 12.3. The fourth-order valence-corrected chi connectivity index (χ4v) is 3.59. The standard InChI is InChI=1S/C14H28N2S/c1-12-10-15-14(7-4-5-8-14)11-16(12)9-6-13(2)17-3/h12-13,15H,4-11H2,1-3H3. The molecule has 2 unspecified atom stereocenters. The van der Waals surface area contributed by atoms with Crippen LogP contribution in [-0.4, -0.2) is 47.6 Å². The highest BCUT2D eigenvalue weighted by molar-refractivity contribution is 7.99. The van der Waals surface area contributed by atoms with Crippen molar-refractivity contribution in [2.24, 2.45) is 0 Å². The molecule has 0 aromatic heterocycles. The van der Waals surface area contributed by atoms with E-state index in [0.717, 1.165) is 11.3 Å². The minimum Gasteiger partial charge on any atom is -0.308 e. The van der Waals surface area contributed by atoms with Gasteiger partial charge in [-0.2, -0.15) is 11.8 Å². The van der Waals surface area contributed by atoms with Crippen molar-refractivity contribution in [2.45, 2.75) is 62.8 Å². The third-order valence-electron chi connectivity index (χ3n) is 4.69. The van der Waals surface area contributed by atoms with Gasteiger partial charge in [0.1, 0.15) is 0 Å². The highest BCUT2D eigenvalue weighted by atomic mass is 32.2. The summed E-state index contributed by atoms with van der Waals surface area (Å²) in [7, 11) is 0. The summed E-state index contributed by atoms with van der Waals surface area (Å²) in [5, 5.41) is 4.63. The van der Waals surface area contributed by atoms with E-state index in [0.29, 0.717) is 5.54 Å². The fourth-order valence-electron chi connectivity index (χ4n) is 3.25. The Morgan fingerprint density at radius 1 is 1.41 bits per heavy atom. The quantitative estimate of drug-likeness (QED) is 0.832. The Morgan fingerprint density at radius 3 is 2.76 bits per heavy atom. The summed E-state index contributed by atoms with van der Waals surface area (Å²) in [5.41, 5.74) is 0.481. The first kappa shape index (κ1) is 13.7. The van der Waals surface area contributed by atoms with Crippen LogP contribution in [0.25, 0.3) is 0 Å². The van der Waals surface area contributed by atoms with Gasteiger partial charge >= 0.3 is 0 Å². The van der Waals surface area contributed by atoms with E-state index in [2.05, 4.69) is 30.3 Å². The highest BCUT2D eigenvalue weighted by Gasteiger charge is 2.39. The van der Waals surface area contributed by atoms with Gasteiger partial charge < -0.3 is 5.32 Å². The monoisotopic (exact) mass is 256 g/mol. The van der Waals surface area contributed by atoms with Crippen molar-refractivity contribution < 1.29 is 0 Å². The summed E-state index contributed by atoms with van der Waals surface area (Å²) in [4.78, 5) is 2.73. The molecule has 1 aliphatic carbocycles. The average Bonchev–Trinajstić information content (AvgIpc) is 2.79. The van der Waals surface area contributed by atoms with E-state index in [-0.39, 0.29) is 0 Å². The van der Waals surface area contributed by atoms with Crippen LogP contribution in [0.5, 0.6) is 0 Å². The largest absolute Gasteiger partial charge is 0.308 e. The van der Waals surface area contributed by atoms with E-state index in [1.165, 1.54) is 51.7 Å². The lowest BCUT2D eigenvalue weighted by molar-refractivity contribution is 0.0883. The molecule has 1 saturated heterocycles. The molecule has 1 saturated carbocycles. The number of thioether (sulfide) groups is 1. The lowest BCUT2D eigenvalue weighted by atomic mass is 9.92. The van der Waals surface area contributed by atoms with E-state index in [4.69, 9.17) is 0 Å². The number of nitrogens with zero attached hydrogens (tertiary/aromatic N) is 1. The molecular formula is C14H28N2S. The molecule has 2 fully saturated rings. The second-order valence-corrected chi connectivity index (χ2v) is 7.30. The molecular weight excluding hydrogens is 228 g/mol. The number of nitrogens with one attached hydrogen (secondary N) is 1. The molecule has 1 heterocycles. The molecule has 1 N–H and O–H groups in total. The summed E-state index contributed by atoms with van der Waals surface area (Å²) in [6.07, 6.45) is 9.21. The van der Waals surface area contributed by atoms with Crippen LogP contribution < -0.4 is 5.32 Å². The van der Waals surface area contributed by atoms with Gasteiger partial charge in [-0.25, -0.2) is 0 Å². The normalized spacial score (nSPS) is 30.9. The van der Waals surface area contributed by atoms with Crippen molar-refractivity contribution in [1.29, 1.82) is 0 Å². The van der Waals surface area contributed by atoms with Crippen molar-refractivity contribution in [3.05, 3.63) is 0 Å². The summed E-state index contributed by atoms with van der Waals surface area (Å²) >= 11 is 2.00. The van der Waals surface area contributed by atoms with E-state index in [9.17, 15) is 0 Å². The number of piperazine rings is 1. The van der Waals surface area contributed by atoms with Gasteiger partial charge in [0, 0.05) is 29.9 Å². The van der Waals surface area contributed by atoms with Gasteiger partial charge in [0.2, 0.25) is 0 Å². The summed E-state index contributed by atoms with van der Waals surface area (Å²) in [6.45, 7) is 8.48. The SMILES string of the molecule is CSC(C)CCN1CC2(CCCC2)NCC1C. The van der Waals surface area contributed by atoms with Gasteiger partial charge in [-0.3, -0.25) is 4.90 Å². The maximum absolute atomic E-state index is 3.83. The first-order valence-corrected chi connectivity index (χ1v) is 8.46. The Morgan fingerprint density at radius 2 is 2.12 bits per heavy atom. The Labute approximate surface area is 111 Å². The zero-order valence-corrected chi connectivity index (χ0v) is 12.5. The van der Waals surface area contributed by atoms with Crippen LogP contribution in [0.1, 0.15) is 46.0 Å². The van der Waals surface area contributed by atoms with E-state index >= 15 is 0 Å². The average molecular weight is 256 g/mol. The van der Waals surface area contributed by atoms with Gasteiger partial charge in [-0.1, -0.05) is 19.8 Å². The molecule has 0 aromatic carbocycles. The number of rotatable bonds is 4. The minimum atomic E-state index is 0.481. The Balaban J connectivity index is 1.86. The molecule has 1 aliphatic heterocycles. The van der Waals surface area contributed by atoms with Gasteiger partial charge in [-0.15, -0.1) is 0 Å². The molecule has 2 nitrogen and oxygen atoms in total. The van der Waals surface area contributed by atoms with Crippen LogP contribution >= 0.6 is 11.8 Å². The molecule has 0 radical (unpaired) electrons. The molecule has 17 heavy (non-hydrogen) atoms. The molecule has 0 bridgehead atoms. The maximum atomic E-state index is 3.83.